The van der Waals surface area contributed by atoms with Crippen molar-refractivity contribution in [1.29, 1.82) is 0 Å². The number of anilines is 2. The summed E-state index contributed by atoms with van der Waals surface area (Å²) in [4.78, 5) is 40.8. The number of carbonyl (C=O) groups is 3. The number of amides is 3. The van der Waals surface area contributed by atoms with Crippen LogP contribution in [-0.2, 0) is 19.1 Å². The van der Waals surface area contributed by atoms with Crippen molar-refractivity contribution in [2.45, 2.75) is 52.5 Å². The van der Waals surface area contributed by atoms with E-state index in [0.717, 1.165) is 19.3 Å². The third-order valence-corrected chi connectivity index (χ3v) is 6.10. The minimum absolute atomic E-state index is 0.116. The van der Waals surface area contributed by atoms with E-state index in [0.29, 0.717) is 31.3 Å². The maximum Gasteiger partial charge on any atom is 0.265 e. The lowest BCUT2D eigenvalue weighted by atomic mass is 9.84. The topological polar surface area (TPSA) is 105 Å². The Labute approximate surface area is 198 Å². The zero-order chi connectivity index (χ0) is 25.0. The highest BCUT2D eigenvalue weighted by molar-refractivity contribution is 6.10. The monoisotopic (exact) mass is 480 g/mol. The predicted octanol–water partition coefficient (Wildman–Crippen LogP) is 2.93. The molecule has 0 unspecified atom stereocenters. The molecule has 8 nitrogen and oxygen atoms in total. The third kappa shape index (κ3) is 6.50. The van der Waals surface area contributed by atoms with Crippen molar-refractivity contribution in [3.8, 4) is 0 Å². The summed E-state index contributed by atoms with van der Waals surface area (Å²) in [5.41, 5.74) is 5.17. The minimum Gasteiger partial charge on any atom is -0.370 e. The maximum absolute atomic E-state index is 13.9. The summed E-state index contributed by atoms with van der Waals surface area (Å²) in [6.07, 6.45) is 0.242. The molecular weight excluding hydrogens is 446 g/mol. The third-order valence-electron chi connectivity index (χ3n) is 6.10. The Bertz CT molecular complexity index is 915. The number of hydrogen-bond acceptors (Lipinski definition) is 5. The van der Waals surface area contributed by atoms with Crippen molar-refractivity contribution in [2.75, 3.05) is 43.1 Å². The molecule has 10 heteroatoms. The Kier molecular flexibility index (Phi) is 8.25. The van der Waals surface area contributed by atoms with E-state index in [1.54, 1.807) is 4.90 Å². The highest BCUT2D eigenvalue weighted by atomic mass is 19.3. The van der Waals surface area contributed by atoms with E-state index in [-0.39, 0.29) is 30.2 Å². The highest BCUT2D eigenvalue weighted by Crippen LogP contribution is 2.33. The summed E-state index contributed by atoms with van der Waals surface area (Å²) >= 11 is 0. The molecule has 1 aromatic carbocycles. The molecule has 1 aliphatic carbocycles. The Morgan fingerprint density at radius 2 is 2.00 bits per heavy atom. The van der Waals surface area contributed by atoms with Crippen LogP contribution in [0.15, 0.2) is 18.2 Å². The molecule has 0 spiro atoms. The van der Waals surface area contributed by atoms with Crippen LogP contribution >= 0.6 is 0 Å². The van der Waals surface area contributed by atoms with E-state index in [1.807, 2.05) is 20.8 Å². The van der Waals surface area contributed by atoms with Crippen molar-refractivity contribution in [3.63, 3.8) is 0 Å². The summed E-state index contributed by atoms with van der Waals surface area (Å²) in [5, 5.41) is 2.50. The smallest absolute Gasteiger partial charge is 0.265 e. The Morgan fingerprint density at radius 1 is 1.29 bits per heavy atom. The number of morpholine rings is 1. The number of alkyl halides is 2. The number of nitrogens with two attached hydrogens (primary N) is 1. The van der Waals surface area contributed by atoms with Crippen molar-refractivity contribution in [2.24, 2.45) is 17.1 Å². The van der Waals surface area contributed by atoms with Gasteiger partial charge in [0.15, 0.2) is 6.04 Å². The maximum atomic E-state index is 13.9. The average Bonchev–Trinajstić information content (AvgIpc) is 2.70. The van der Waals surface area contributed by atoms with Gasteiger partial charge in [-0.15, -0.1) is 0 Å². The number of nitrogens with zero attached hydrogens (tertiary/aromatic N) is 2. The fraction of sp³-hybridized carbons (Fsp3) is 0.625. The van der Waals surface area contributed by atoms with Crippen LogP contribution in [-0.4, -0.2) is 61.5 Å². The number of halogens is 2. The minimum atomic E-state index is -2.90. The number of carbonyl (C=O) groups excluding carboxylic acids is 3. The Morgan fingerprint density at radius 3 is 2.53 bits per heavy atom. The first-order valence-electron chi connectivity index (χ1n) is 11.6. The number of rotatable bonds is 9. The predicted molar refractivity (Wildman–Crippen MR) is 125 cm³/mol. The lowest BCUT2D eigenvalue weighted by molar-refractivity contribution is -0.133. The molecule has 0 radical (unpaired) electrons. The molecule has 0 aromatic heterocycles. The van der Waals surface area contributed by atoms with Gasteiger partial charge in [-0.3, -0.25) is 19.3 Å². The van der Waals surface area contributed by atoms with E-state index >= 15 is 0 Å². The van der Waals surface area contributed by atoms with Gasteiger partial charge in [-0.05, 0) is 42.4 Å². The van der Waals surface area contributed by atoms with E-state index < -0.39 is 29.8 Å². The fourth-order valence-electron chi connectivity index (χ4n) is 4.36. The SMILES string of the molecule is CC(C)(C)CN(CC1CCC1)[C@@H](C(N)=O)C(=O)Nc1ccc(N2CCOCC2=O)cc1C(F)F. The van der Waals surface area contributed by atoms with Crippen LogP contribution in [0.4, 0.5) is 20.2 Å². The van der Waals surface area contributed by atoms with Crippen LogP contribution in [0.25, 0.3) is 0 Å². The molecular formula is C24H34F2N4O4. The molecule has 1 heterocycles. The van der Waals surface area contributed by atoms with Gasteiger partial charge in [0.25, 0.3) is 18.2 Å². The van der Waals surface area contributed by atoms with Crippen molar-refractivity contribution in [1.82, 2.24) is 4.90 Å². The van der Waals surface area contributed by atoms with Gasteiger partial charge in [0, 0.05) is 36.6 Å². The summed E-state index contributed by atoms with van der Waals surface area (Å²) in [6, 6.07) is 2.72. The quantitative estimate of drug-likeness (QED) is 0.529. The molecule has 188 valence electrons. The summed E-state index contributed by atoms with van der Waals surface area (Å²) in [5.74, 6) is -1.52. The summed E-state index contributed by atoms with van der Waals surface area (Å²) in [6.45, 7) is 7.42. The number of nitrogens with one attached hydrogen (secondary N) is 1. The molecule has 2 aliphatic rings. The molecule has 3 amide bonds. The van der Waals surface area contributed by atoms with E-state index in [1.165, 1.54) is 23.1 Å². The van der Waals surface area contributed by atoms with Gasteiger partial charge in [0.2, 0.25) is 5.91 Å². The molecule has 3 N–H and O–H groups in total. The zero-order valence-electron chi connectivity index (χ0n) is 20.0. The fourth-order valence-corrected chi connectivity index (χ4v) is 4.36. The molecule has 1 saturated carbocycles. The number of ether oxygens (including phenoxy) is 1. The molecule has 1 atom stereocenters. The first kappa shape index (κ1) is 26.0. The number of hydrogen-bond donors (Lipinski definition) is 2. The molecule has 34 heavy (non-hydrogen) atoms. The Hall–Kier alpha value is -2.59. The first-order chi connectivity index (χ1) is 16.0. The molecule has 1 aromatic rings. The van der Waals surface area contributed by atoms with Crippen molar-refractivity contribution < 1.29 is 27.9 Å². The van der Waals surface area contributed by atoms with Crippen LogP contribution in [0.5, 0.6) is 0 Å². The molecule has 0 bridgehead atoms. The van der Waals surface area contributed by atoms with Crippen molar-refractivity contribution >= 4 is 29.1 Å². The van der Waals surface area contributed by atoms with Gasteiger partial charge in [0.1, 0.15) is 6.61 Å². The first-order valence-corrected chi connectivity index (χ1v) is 11.6. The van der Waals surface area contributed by atoms with E-state index in [9.17, 15) is 23.2 Å². The second-order valence-corrected chi connectivity index (χ2v) is 10.3. The van der Waals surface area contributed by atoms with Crippen LogP contribution in [0.3, 0.4) is 0 Å². The normalized spacial score (nSPS) is 18.2. The summed E-state index contributed by atoms with van der Waals surface area (Å²) < 4.78 is 32.9. The van der Waals surface area contributed by atoms with E-state index in [4.69, 9.17) is 10.5 Å². The molecule has 3 rings (SSSR count). The van der Waals surface area contributed by atoms with E-state index in [2.05, 4.69) is 5.32 Å². The van der Waals surface area contributed by atoms with Gasteiger partial charge in [0.05, 0.1) is 6.61 Å². The standard InChI is InChI=1S/C24H34F2N4O4/c1-24(2,3)14-29(12-15-5-4-6-15)20(22(27)32)23(33)28-18-8-7-16(11-17(18)21(25)26)30-9-10-34-13-19(30)31/h7-8,11,15,20-21H,4-6,9-10,12-14H2,1-3H3,(H2,27,32)(H,28,33)/t20-/m0/s1. The van der Waals surface area contributed by atoms with Gasteiger partial charge in [-0.25, -0.2) is 8.78 Å². The zero-order valence-corrected chi connectivity index (χ0v) is 20.0. The summed E-state index contributed by atoms with van der Waals surface area (Å²) in [7, 11) is 0. The second kappa shape index (κ2) is 10.8. The van der Waals surface area contributed by atoms with Crippen LogP contribution in [0, 0.1) is 11.3 Å². The molecule has 1 saturated heterocycles. The number of primary amides is 1. The van der Waals surface area contributed by atoms with Crippen LogP contribution < -0.4 is 16.0 Å². The van der Waals surface area contributed by atoms with Gasteiger partial charge < -0.3 is 20.7 Å². The lowest BCUT2D eigenvalue weighted by Crippen LogP contribution is -2.55. The van der Waals surface area contributed by atoms with Crippen LogP contribution in [0.2, 0.25) is 0 Å². The largest absolute Gasteiger partial charge is 0.370 e. The van der Waals surface area contributed by atoms with Crippen molar-refractivity contribution in [3.05, 3.63) is 23.8 Å². The van der Waals surface area contributed by atoms with Gasteiger partial charge >= 0.3 is 0 Å². The molecule has 2 fully saturated rings. The van der Waals surface area contributed by atoms with Gasteiger partial charge in [-0.2, -0.15) is 0 Å². The second-order valence-electron chi connectivity index (χ2n) is 10.3. The number of benzene rings is 1. The van der Waals surface area contributed by atoms with Gasteiger partial charge in [-0.1, -0.05) is 27.2 Å². The average molecular weight is 481 g/mol. The van der Waals surface area contributed by atoms with Crippen LogP contribution in [0.1, 0.15) is 52.0 Å². The Balaban J connectivity index is 1.85. The highest BCUT2D eigenvalue weighted by Gasteiger charge is 2.36. The molecule has 1 aliphatic heterocycles. The lowest BCUT2D eigenvalue weighted by Gasteiger charge is -2.38.